The van der Waals surface area contributed by atoms with Crippen molar-refractivity contribution < 1.29 is 4.74 Å². The second-order valence-corrected chi connectivity index (χ2v) is 5.70. The lowest BCUT2D eigenvalue weighted by atomic mass is 9.83. The Morgan fingerprint density at radius 1 is 1.24 bits per heavy atom. The van der Waals surface area contributed by atoms with Gasteiger partial charge in [0.05, 0.1) is 7.11 Å². The van der Waals surface area contributed by atoms with Gasteiger partial charge in [-0.3, -0.25) is 0 Å². The van der Waals surface area contributed by atoms with Gasteiger partial charge in [-0.25, -0.2) is 0 Å². The Hall–Kier alpha value is -1.02. The van der Waals surface area contributed by atoms with Crippen LogP contribution in [0.5, 0.6) is 5.75 Å². The summed E-state index contributed by atoms with van der Waals surface area (Å²) in [6.07, 6.45) is 0. The van der Waals surface area contributed by atoms with Crippen LogP contribution in [0.4, 0.5) is 0 Å². The van der Waals surface area contributed by atoms with E-state index in [1.54, 1.807) is 7.11 Å². The fourth-order valence-electron chi connectivity index (χ4n) is 2.06. The highest BCUT2D eigenvalue weighted by Gasteiger charge is 2.23. The topological polar surface area (TPSA) is 21.3 Å². The number of ether oxygens (including phenoxy) is 1. The molecule has 0 radical (unpaired) electrons. The Morgan fingerprint density at radius 2 is 1.82 bits per heavy atom. The largest absolute Gasteiger partial charge is 0.496 e. The zero-order chi connectivity index (χ0) is 13.2. The van der Waals surface area contributed by atoms with E-state index in [0.717, 1.165) is 5.75 Å². The molecule has 0 saturated carbocycles. The molecule has 1 aromatic rings. The Kier molecular flexibility index (Phi) is 4.21. The molecule has 0 aliphatic rings. The first-order valence-electron chi connectivity index (χ1n) is 6.17. The summed E-state index contributed by atoms with van der Waals surface area (Å²) in [6.45, 7) is 11.0. The fraction of sp³-hybridized carbons (Fsp3) is 0.600. The first-order chi connectivity index (χ1) is 7.81. The highest BCUT2D eigenvalue weighted by molar-refractivity contribution is 5.49. The van der Waals surface area contributed by atoms with Gasteiger partial charge in [-0.2, -0.15) is 0 Å². The number of methoxy groups -OCH3 is 1. The Morgan fingerprint density at radius 3 is 2.24 bits per heavy atom. The minimum absolute atomic E-state index is 0.0968. The molecule has 1 aromatic carbocycles. The van der Waals surface area contributed by atoms with Crippen molar-refractivity contribution in [2.75, 3.05) is 14.2 Å². The minimum Gasteiger partial charge on any atom is -0.496 e. The van der Waals surface area contributed by atoms with Gasteiger partial charge in [0, 0.05) is 17.2 Å². The minimum atomic E-state index is 0.0968. The molecular weight excluding hydrogens is 210 g/mol. The summed E-state index contributed by atoms with van der Waals surface area (Å²) in [5.74, 6) is 1.02. The average Bonchev–Trinajstić information content (AvgIpc) is 2.25. The van der Waals surface area contributed by atoms with Crippen molar-refractivity contribution in [1.29, 1.82) is 0 Å². The highest BCUT2D eigenvalue weighted by Crippen LogP contribution is 2.37. The SMILES string of the molecule is CNC(C)c1cc(C)cc(C(C)(C)C)c1OC. The van der Waals surface area contributed by atoms with Crippen LogP contribution < -0.4 is 10.1 Å². The Balaban J connectivity index is 3.46. The summed E-state index contributed by atoms with van der Waals surface area (Å²) in [4.78, 5) is 0. The Bertz CT molecular complexity index is 391. The van der Waals surface area contributed by atoms with Crippen LogP contribution in [-0.2, 0) is 5.41 Å². The molecule has 2 heteroatoms. The zero-order valence-corrected chi connectivity index (χ0v) is 12.1. The maximum Gasteiger partial charge on any atom is 0.127 e. The van der Waals surface area contributed by atoms with Crippen LogP contribution in [0.1, 0.15) is 50.4 Å². The molecule has 17 heavy (non-hydrogen) atoms. The van der Waals surface area contributed by atoms with E-state index < -0.39 is 0 Å². The first kappa shape index (κ1) is 14.0. The van der Waals surface area contributed by atoms with Crippen LogP contribution in [0.25, 0.3) is 0 Å². The number of nitrogens with one attached hydrogen (secondary N) is 1. The van der Waals surface area contributed by atoms with E-state index in [-0.39, 0.29) is 5.41 Å². The molecule has 1 atom stereocenters. The van der Waals surface area contributed by atoms with Crippen molar-refractivity contribution in [1.82, 2.24) is 5.32 Å². The molecule has 1 rings (SSSR count). The zero-order valence-electron chi connectivity index (χ0n) is 12.1. The molecule has 0 bridgehead atoms. The van der Waals surface area contributed by atoms with E-state index in [1.165, 1.54) is 16.7 Å². The van der Waals surface area contributed by atoms with Gasteiger partial charge in [0.25, 0.3) is 0 Å². The van der Waals surface area contributed by atoms with Crippen molar-refractivity contribution >= 4 is 0 Å². The standard InChI is InChI=1S/C15H25NO/c1-10-8-12(11(2)16-6)14(17-7)13(9-10)15(3,4)5/h8-9,11,16H,1-7H3. The van der Waals surface area contributed by atoms with Crippen LogP contribution in [-0.4, -0.2) is 14.2 Å². The van der Waals surface area contributed by atoms with Gasteiger partial charge in [0.1, 0.15) is 5.75 Å². The molecule has 1 N–H and O–H groups in total. The van der Waals surface area contributed by atoms with E-state index in [9.17, 15) is 0 Å². The molecule has 0 fully saturated rings. The van der Waals surface area contributed by atoms with Gasteiger partial charge in [-0.05, 0) is 26.3 Å². The smallest absolute Gasteiger partial charge is 0.127 e. The lowest BCUT2D eigenvalue weighted by Crippen LogP contribution is -2.18. The molecule has 0 heterocycles. The van der Waals surface area contributed by atoms with Gasteiger partial charge >= 0.3 is 0 Å². The van der Waals surface area contributed by atoms with Crippen molar-refractivity contribution in [3.8, 4) is 5.75 Å². The van der Waals surface area contributed by atoms with Crippen LogP contribution in [0.2, 0.25) is 0 Å². The summed E-state index contributed by atoms with van der Waals surface area (Å²) < 4.78 is 5.64. The maximum absolute atomic E-state index is 5.64. The van der Waals surface area contributed by atoms with Gasteiger partial charge in [0.15, 0.2) is 0 Å². The van der Waals surface area contributed by atoms with Crippen molar-refractivity contribution in [3.05, 3.63) is 28.8 Å². The maximum atomic E-state index is 5.64. The quantitative estimate of drug-likeness (QED) is 0.864. The van der Waals surface area contributed by atoms with Gasteiger partial charge in [-0.1, -0.05) is 38.5 Å². The van der Waals surface area contributed by atoms with Crippen LogP contribution in [0, 0.1) is 6.92 Å². The van der Waals surface area contributed by atoms with E-state index in [4.69, 9.17) is 4.74 Å². The average molecular weight is 235 g/mol. The predicted octanol–water partition coefficient (Wildman–Crippen LogP) is 3.58. The van der Waals surface area contributed by atoms with Gasteiger partial charge in [0.2, 0.25) is 0 Å². The number of rotatable bonds is 3. The van der Waals surface area contributed by atoms with Crippen molar-refractivity contribution in [2.24, 2.45) is 0 Å². The van der Waals surface area contributed by atoms with E-state index in [1.807, 2.05) is 7.05 Å². The third-order valence-electron chi connectivity index (χ3n) is 3.17. The summed E-state index contributed by atoms with van der Waals surface area (Å²) in [5.41, 5.74) is 3.89. The van der Waals surface area contributed by atoms with Gasteiger partial charge < -0.3 is 10.1 Å². The first-order valence-corrected chi connectivity index (χ1v) is 6.17. The molecule has 0 spiro atoms. The Labute approximate surface area is 105 Å². The second kappa shape index (κ2) is 5.09. The van der Waals surface area contributed by atoms with Crippen molar-refractivity contribution in [3.63, 3.8) is 0 Å². The lowest BCUT2D eigenvalue weighted by molar-refractivity contribution is 0.387. The summed E-state index contributed by atoms with van der Waals surface area (Å²) in [5, 5.41) is 3.28. The highest BCUT2D eigenvalue weighted by atomic mass is 16.5. The molecule has 2 nitrogen and oxygen atoms in total. The molecule has 0 aromatic heterocycles. The third kappa shape index (κ3) is 3.01. The predicted molar refractivity (Wildman–Crippen MR) is 73.9 cm³/mol. The number of aryl methyl sites for hydroxylation is 1. The molecule has 0 saturated heterocycles. The second-order valence-electron chi connectivity index (χ2n) is 5.70. The van der Waals surface area contributed by atoms with Crippen LogP contribution in [0.15, 0.2) is 12.1 Å². The monoisotopic (exact) mass is 235 g/mol. The van der Waals surface area contributed by atoms with Crippen LogP contribution >= 0.6 is 0 Å². The number of hydrogen-bond acceptors (Lipinski definition) is 2. The normalized spacial score (nSPS) is 13.6. The summed E-state index contributed by atoms with van der Waals surface area (Å²) in [6, 6.07) is 4.73. The van der Waals surface area contributed by atoms with E-state index in [2.05, 4.69) is 52.1 Å². The van der Waals surface area contributed by atoms with Crippen LogP contribution in [0.3, 0.4) is 0 Å². The molecule has 1 unspecified atom stereocenters. The molecule has 0 aliphatic heterocycles. The number of hydrogen-bond donors (Lipinski definition) is 1. The third-order valence-corrected chi connectivity index (χ3v) is 3.17. The summed E-state index contributed by atoms with van der Waals surface area (Å²) in [7, 11) is 3.73. The van der Waals surface area contributed by atoms with Gasteiger partial charge in [-0.15, -0.1) is 0 Å². The fourth-order valence-corrected chi connectivity index (χ4v) is 2.06. The molecule has 96 valence electrons. The van der Waals surface area contributed by atoms with Crippen molar-refractivity contribution in [2.45, 2.75) is 46.1 Å². The number of benzene rings is 1. The molecular formula is C15H25NO. The molecule has 0 aliphatic carbocycles. The van der Waals surface area contributed by atoms with E-state index in [0.29, 0.717) is 6.04 Å². The lowest BCUT2D eigenvalue weighted by Gasteiger charge is -2.26. The van der Waals surface area contributed by atoms with E-state index >= 15 is 0 Å². The molecule has 0 amide bonds. The summed E-state index contributed by atoms with van der Waals surface area (Å²) >= 11 is 0.